The van der Waals surface area contributed by atoms with Gasteiger partial charge < -0.3 is 10.2 Å². The van der Waals surface area contributed by atoms with Crippen molar-refractivity contribution in [2.24, 2.45) is 11.3 Å². The summed E-state index contributed by atoms with van der Waals surface area (Å²) in [6.07, 6.45) is 3.55. The van der Waals surface area contributed by atoms with Crippen LogP contribution in [0, 0.1) is 11.3 Å². The molecule has 1 aliphatic heterocycles. The van der Waals surface area contributed by atoms with Crippen LogP contribution in [-0.4, -0.2) is 36.5 Å². The molecule has 3 nitrogen and oxygen atoms in total. The molecule has 3 heteroatoms. The number of hydrogen-bond donors (Lipinski definition) is 1. The molecule has 1 saturated carbocycles. The van der Waals surface area contributed by atoms with Crippen LogP contribution in [0.25, 0.3) is 0 Å². The lowest BCUT2D eigenvalue weighted by Gasteiger charge is -2.25. The van der Waals surface area contributed by atoms with E-state index in [9.17, 15) is 4.79 Å². The van der Waals surface area contributed by atoms with Gasteiger partial charge in [-0.3, -0.25) is 4.79 Å². The molecule has 0 aromatic heterocycles. The Balaban J connectivity index is 1.87. The number of amides is 1. The second-order valence-corrected chi connectivity index (χ2v) is 5.92. The number of rotatable bonds is 4. The highest BCUT2D eigenvalue weighted by molar-refractivity contribution is 5.82. The van der Waals surface area contributed by atoms with Gasteiger partial charge in [0, 0.05) is 25.0 Å². The molecule has 2 aliphatic rings. The SMILES string of the molecule is CCN(CC1CCCN1)C(=O)C1CC1(C)C. The number of likely N-dealkylation sites (N-methyl/N-ethyl adjacent to an activating group) is 1. The molecular formula is C13H24N2O. The van der Waals surface area contributed by atoms with Crippen LogP contribution in [0.1, 0.15) is 40.0 Å². The third-order valence-corrected chi connectivity index (χ3v) is 4.11. The molecule has 2 atom stereocenters. The van der Waals surface area contributed by atoms with Gasteiger partial charge >= 0.3 is 0 Å². The van der Waals surface area contributed by atoms with Gasteiger partial charge in [-0.05, 0) is 38.1 Å². The highest BCUT2D eigenvalue weighted by Crippen LogP contribution is 2.52. The predicted molar refractivity (Wildman–Crippen MR) is 65.2 cm³/mol. The van der Waals surface area contributed by atoms with Crippen LogP contribution in [-0.2, 0) is 4.79 Å². The molecule has 2 unspecified atom stereocenters. The maximum atomic E-state index is 12.2. The largest absolute Gasteiger partial charge is 0.341 e. The average Bonchev–Trinajstić information content (AvgIpc) is 2.68. The number of hydrogen-bond acceptors (Lipinski definition) is 2. The van der Waals surface area contributed by atoms with Crippen molar-refractivity contribution >= 4 is 5.91 Å². The molecule has 0 aromatic carbocycles. The highest BCUT2D eigenvalue weighted by Gasteiger charge is 2.51. The molecule has 1 aliphatic carbocycles. The lowest BCUT2D eigenvalue weighted by molar-refractivity contribution is -0.133. The number of carbonyl (C=O) groups is 1. The first-order chi connectivity index (χ1) is 7.54. The van der Waals surface area contributed by atoms with Crippen molar-refractivity contribution in [1.29, 1.82) is 0 Å². The van der Waals surface area contributed by atoms with Gasteiger partial charge in [0.2, 0.25) is 5.91 Å². The molecule has 16 heavy (non-hydrogen) atoms. The molecule has 1 amide bonds. The molecule has 2 fully saturated rings. The first-order valence-electron chi connectivity index (χ1n) is 6.57. The van der Waals surface area contributed by atoms with Gasteiger partial charge in [-0.1, -0.05) is 13.8 Å². The summed E-state index contributed by atoms with van der Waals surface area (Å²) >= 11 is 0. The Morgan fingerprint density at radius 1 is 1.50 bits per heavy atom. The predicted octanol–water partition coefficient (Wildman–Crippen LogP) is 1.63. The summed E-state index contributed by atoms with van der Waals surface area (Å²) in [5.41, 5.74) is 0.258. The fourth-order valence-corrected chi connectivity index (χ4v) is 2.66. The minimum absolute atomic E-state index is 0.258. The van der Waals surface area contributed by atoms with Crippen LogP contribution in [0.4, 0.5) is 0 Å². The van der Waals surface area contributed by atoms with Gasteiger partial charge in [-0.2, -0.15) is 0 Å². The third-order valence-electron chi connectivity index (χ3n) is 4.11. The van der Waals surface area contributed by atoms with Crippen LogP contribution in [0.15, 0.2) is 0 Å². The van der Waals surface area contributed by atoms with Crippen molar-refractivity contribution in [2.45, 2.75) is 46.1 Å². The average molecular weight is 224 g/mol. The van der Waals surface area contributed by atoms with Gasteiger partial charge in [0.25, 0.3) is 0 Å². The van der Waals surface area contributed by atoms with Gasteiger partial charge in [0.15, 0.2) is 0 Å². The summed E-state index contributed by atoms with van der Waals surface area (Å²) < 4.78 is 0. The van der Waals surface area contributed by atoms with E-state index in [1.165, 1.54) is 12.8 Å². The minimum atomic E-state index is 0.258. The normalized spacial score (nSPS) is 31.4. The van der Waals surface area contributed by atoms with Crippen molar-refractivity contribution in [3.8, 4) is 0 Å². The van der Waals surface area contributed by atoms with Crippen molar-refractivity contribution in [3.63, 3.8) is 0 Å². The standard InChI is InChI=1S/C13H24N2O/c1-4-15(9-10-6-5-7-14-10)12(16)11-8-13(11,2)3/h10-11,14H,4-9H2,1-3H3. The number of nitrogens with zero attached hydrogens (tertiary/aromatic N) is 1. The lowest BCUT2D eigenvalue weighted by atomic mass is 10.1. The fourth-order valence-electron chi connectivity index (χ4n) is 2.66. The zero-order valence-corrected chi connectivity index (χ0v) is 10.8. The summed E-state index contributed by atoms with van der Waals surface area (Å²) in [5, 5.41) is 3.46. The summed E-state index contributed by atoms with van der Waals surface area (Å²) in [6.45, 7) is 9.34. The zero-order chi connectivity index (χ0) is 11.8. The first-order valence-corrected chi connectivity index (χ1v) is 6.57. The molecule has 0 bridgehead atoms. The van der Waals surface area contributed by atoms with Crippen molar-refractivity contribution in [1.82, 2.24) is 10.2 Å². The second-order valence-electron chi connectivity index (χ2n) is 5.92. The molecule has 0 spiro atoms. The van der Waals surface area contributed by atoms with E-state index in [0.29, 0.717) is 11.9 Å². The van der Waals surface area contributed by atoms with E-state index in [2.05, 4.69) is 26.1 Å². The number of nitrogens with one attached hydrogen (secondary N) is 1. The van der Waals surface area contributed by atoms with Gasteiger partial charge in [-0.15, -0.1) is 0 Å². The summed E-state index contributed by atoms with van der Waals surface area (Å²) in [5.74, 6) is 0.662. The van der Waals surface area contributed by atoms with Crippen LogP contribution in [0.3, 0.4) is 0 Å². The fraction of sp³-hybridized carbons (Fsp3) is 0.923. The Morgan fingerprint density at radius 3 is 2.62 bits per heavy atom. The lowest BCUT2D eigenvalue weighted by Crippen LogP contribution is -2.42. The maximum absolute atomic E-state index is 12.2. The Bertz CT molecular complexity index is 269. The molecule has 1 saturated heterocycles. The Labute approximate surface area is 98.6 Å². The molecule has 0 aromatic rings. The monoisotopic (exact) mass is 224 g/mol. The van der Waals surface area contributed by atoms with Crippen molar-refractivity contribution in [2.75, 3.05) is 19.6 Å². The van der Waals surface area contributed by atoms with Crippen LogP contribution in [0.2, 0.25) is 0 Å². The minimum Gasteiger partial charge on any atom is -0.341 e. The molecule has 92 valence electrons. The van der Waals surface area contributed by atoms with E-state index in [4.69, 9.17) is 0 Å². The van der Waals surface area contributed by atoms with Crippen molar-refractivity contribution < 1.29 is 4.79 Å². The molecule has 1 N–H and O–H groups in total. The first kappa shape index (κ1) is 11.9. The van der Waals surface area contributed by atoms with E-state index in [-0.39, 0.29) is 11.3 Å². The van der Waals surface area contributed by atoms with Crippen LogP contribution in [0.5, 0.6) is 0 Å². The van der Waals surface area contributed by atoms with Gasteiger partial charge in [0.05, 0.1) is 0 Å². The Hall–Kier alpha value is -0.570. The van der Waals surface area contributed by atoms with Crippen LogP contribution < -0.4 is 5.32 Å². The molecular weight excluding hydrogens is 200 g/mol. The summed E-state index contributed by atoms with van der Waals surface area (Å²) in [7, 11) is 0. The van der Waals surface area contributed by atoms with Gasteiger partial charge in [-0.25, -0.2) is 0 Å². The van der Waals surface area contributed by atoms with E-state index in [0.717, 1.165) is 26.1 Å². The summed E-state index contributed by atoms with van der Waals surface area (Å²) in [6, 6.07) is 0.533. The second kappa shape index (κ2) is 4.36. The van der Waals surface area contributed by atoms with E-state index in [1.807, 2.05) is 4.90 Å². The molecule has 2 rings (SSSR count). The van der Waals surface area contributed by atoms with E-state index in [1.54, 1.807) is 0 Å². The van der Waals surface area contributed by atoms with E-state index < -0.39 is 0 Å². The summed E-state index contributed by atoms with van der Waals surface area (Å²) in [4.78, 5) is 14.3. The molecule has 0 radical (unpaired) electrons. The van der Waals surface area contributed by atoms with Gasteiger partial charge in [0.1, 0.15) is 0 Å². The van der Waals surface area contributed by atoms with Crippen molar-refractivity contribution in [3.05, 3.63) is 0 Å². The maximum Gasteiger partial charge on any atom is 0.226 e. The molecule has 1 heterocycles. The highest BCUT2D eigenvalue weighted by atomic mass is 16.2. The van der Waals surface area contributed by atoms with Crippen LogP contribution >= 0.6 is 0 Å². The topological polar surface area (TPSA) is 32.3 Å². The Kier molecular flexibility index (Phi) is 3.24. The third kappa shape index (κ3) is 2.40. The smallest absolute Gasteiger partial charge is 0.226 e. The quantitative estimate of drug-likeness (QED) is 0.787. The van der Waals surface area contributed by atoms with E-state index >= 15 is 0 Å². The zero-order valence-electron chi connectivity index (χ0n) is 10.8. The Morgan fingerprint density at radius 2 is 2.19 bits per heavy atom. The number of carbonyl (C=O) groups excluding carboxylic acids is 1.